The van der Waals surface area contributed by atoms with Gasteiger partial charge < -0.3 is 11.1 Å². The molecule has 1 fully saturated rings. The van der Waals surface area contributed by atoms with Gasteiger partial charge in [-0.25, -0.2) is 0 Å². The van der Waals surface area contributed by atoms with Crippen LogP contribution in [0.4, 0.5) is 5.69 Å². The molecule has 0 aromatic heterocycles. The second-order valence-electron chi connectivity index (χ2n) is 4.71. The van der Waals surface area contributed by atoms with Crippen LogP contribution in [0.2, 0.25) is 10.0 Å². The minimum absolute atomic E-state index is 0.193. The lowest BCUT2D eigenvalue weighted by Gasteiger charge is -2.26. The normalized spacial score (nSPS) is 17.2. The van der Waals surface area contributed by atoms with Crippen LogP contribution in [0.1, 0.15) is 25.7 Å². The molecule has 0 saturated heterocycles. The lowest BCUT2D eigenvalue weighted by atomic mass is 9.85. The third-order valence-electron chi connectivity index (χ3n) is 3.56. The summed E-state index contributed by atoms with van der Waals surface area (Å²) in [6.45, 7) is 0. The van der Waals surface area contributed by atoms with Crippen LogP contribution < -0.4 is 11.1 Å². The van der Waals surface area contributed by atoms with Gasteiger partial charge in [-0.2, -0.15) is 0 Å². The van der Waals surface area contributed by atoms with Crippen LogP contribution in [-0.2, 0) is 4.79 Å². The monoisotopic (exact) mass is 316 g/mol. The Labute approximate surface area is 127 Å². The maximum atomic E-state index is 12.5. The summed E-state index contributed by atoms with van der Waals surface area (Å²) in [6, 6.07) is 5.10. The van der Waals surface area contributed by atoms with Crippen LogP contribution in [0.25, 0.3) is 0 Å². The second-order valence-corrected chi connectivity index (χ2v) is 5.93. The molecule has 1 aliphatic carbocycles. The number of thiocarbonyl (C=S) groups is 1. The van der Waals surface area contributed by atoms with E-state index in [1.54, 1.807) is 18.2 Å². The number of halogens is 2. The quantitative estimate of drug-likeness (QED) is 0.834. The lowest BCUT2D eigenvalue weighted by Crippen LogP contribution is -2.44. The molecule has 3 N–H and O–H groups in total. The van der Waals surface area contributed by atoms with Gasteiger partial charge in [-0.3, -0.25) is 4.79 Å². The van der Waals surface area contributed by atoms with Gasteiger partial charge >= 0.3 is 0 Å². The minimum atomic E-state index is -0.749. The Kier molecular flexibility index (Phi) is 4.33. The Morgan fingerprint density at radius 2 is 1.95 bits per heavy atom. The lowest BCUT2D eigenvalue weighted by molar-refractivity contribution is -0.122. The van der Waals surface area contributed by atoms with Crippen molar-refractivity contribution in [1.82, 2.24) is 0 Å². The summed E-state index contributed by atoms with van der Waals surface area (Å²) in [4.78, 5) is 12.7. The highest BCUT2D eigenvalue weighted by atomic mass is 35.5. The van der Waals surface area contributed by atoms with Gasteiger partial charge in [0.25, 0.3) is 0 Å². The van der Waals surface area contributed by atoms with E-state index in [2.05, 4.69) is 5.32 Å². The van der Waals surface area contributed by atoms with Crippen molar-refractivity contribution in [2.75, 3.05) is 5.32 Å². The summed E-state index contributed by atoms with van der Waals surface area (Å²) >= 11 is 17.1. The molecule has 0 atom stereocenters. The number of rotatable bonds is 3. The number of nitrogens with two attached hydrogens (primary N) is 1. The van der Waals surface area contributed by atoms with Crippen molar-refractivity contribution in [3.63, 3.8) is 0 Å². The van der Waals surface area contributed by atoms with Gasteiger partial charge in [0, 0.05) is 0 Å². The first-order valence-corrected chi connectivity index (χ1v) is 7.19. The van der Waals surface area contributed by atoms with Crippen LogP contribution in [-0.4, -0.2) is 10.9 Å². The standard InChI is InChI=1S/C13H14Cl2N2OS/c14-8-4-3-5-9(10(8)15)17-12(18)13(11(16)19)6-1-2-7-13/h3-5H,1-2,6-7H2,(H2,16,19)(H,17,18). The largest absolute Gasteiger partial charge is 0.392 e. The van der Waals surface area contributed by atoms with E-state index in [9.17, 15) is 4.79 Å². The molecule has 19 heavy (non-hydrogen) atoms. The smallest absolute Gasteiger partial charge is 0.237 e. The second kappa shape index (κ2) is 5.65. The Morgan fingerprint density at radius 1 is 1.32 bits per heavy atom. The van der Waals surface area contributed by atoms with E-state index in [1.165, 1.54) is 0 Å². The van der Waals surface area contributed by atoms with Crippen LogP contribution in [0.15, 0.2) is 18.2 Å². The molecule has 0 unspecified atom stereocenters. The Balaban J connectivity index is 2.25. The first kappa shape index (κ1) is 14.6. The summed E-state index contributed by atoms with van der Waals surface area (Å²) in [5.41, 5.74) is 5.51. The van der Waals surface area contributed by atoms with Crippen LogP contribution in [0.5, 0.6) is 0 Å². The zero-order valence-electron chi connectivity index (χ0n) is 10.2. The molecule has 3 nitrogen and oxygen atoms in total. The highest BCUT2D eigenvalue weighted by molar-refractivity contribution is 7.80. The first-order valence-electron chi connectivity index (χ1n) is 6.03. The molecule has 0 aliphatic heterocycles. The first-order chi connectivity index (χ1) is 8.97. The average Bonchev–Trinajstić information content (AvgIpc) is 2.85. The van der Waals surface area contributed by atoms with E-state index >= 15 is 0 Å². The zero-order valence-corrected chi connectivity index (χ0v) is 12.5. The maximum Gasteiger partial charge on any atom is 0.237 e. The average molecular weight is 317 g/mol. The van der Waals surface area contributed by atoms with Crippen LogP contribution in [0.3, 0.4) is 0 Å². The fourth-order valence-corrected chi connectivity index (χ4v) is 3.05. The van der Waals surface area contributed by atoms with Crippen LogP contribution >= 0.6 is 35.4 Å². The summed E-state index contributed by atoms with van der Waals surface area (Å²) < 4.78 is 0. The van der Waals surface area contributed by atoms with Gasteiger partial charge in [-0.05, 0) is 25.0 Å². The SMILES string of the molecule is NC(=S)C1(C(=O)Nc2cccc(Cl)c2Cl)CCCC1. The predicted molar refractivity (Wildman–Crippen MR) is 82.8 cm³/mol. The molecule has 1 aliphatic rings. The number of hydrogen-bond acceptors (Lipinski definition) is 2. The number of amides is 1. The number of carbonyl (C=O) groups is 1. The molecule has 1 saturated carbocycles. The summed E-state index contributed by atoms with van der Waals surface area (Å²) in [7, 11) is 0. The van der Waals surface area contributed by atoms with E-state index in [4.69, 9.17) is 41.2 Å². The predicted octanol–water partition coefficient (Wildman–Crippen LogP) is 3.78. The molecule has 0 bridgehead atoms. The molecule has 1 amide bonds. The molecule has 6 heteroatoms. The molecule has 0 heterocycles. The van der Waals surface area contributed by atoms with Gasteiger partial charge in [0.15, 0.2) is 0 Å². The summed E-state index contributed by atoms with van der Waals surface area (Å²) in [6.07, 6.45) is 3.28. The van der Waals surface area contributed by atoms with E-state index in [1.807, 2.05) is 0 Å². The molecular formula is C13H14Cl2N2OS. The number of benzene rings is 1. The van der Waals surface area contributed by atoms with Gasteiger partial charge in [0.05, 0.1) is 26.1 Å². The van der Waals surface area contributed by atoms with Gasteiger partial charge in [-0.1, -0.05) is 54.3 Å². The van der Waals surface area contributed by atoms with Crippen LogP contribution in [0, 0.1) is 5.41 Å². The van der Waals surface area contributed by atoms with Crippen molar-refractivity contribution in [1.29, 1.82) is 0 Å². The number of anilines is 1. The number of carbonyl (C=O) groups excluding carboxylic acids is 1. The molecule has 0 spiro atoms. The number of hydrogen-bond donors (Lipinski definition) is 2. The molecular weight excluding hydrogens is 303 g/mol. The zero-order chi connectivity index (χ0) is 14.0. The topological polar surface area (TPSA) is 55.1 Å². The Morgan fingerprint density at radius 3 is 2.53 bits per heavy atom. The molecule has 0 radical (unpaired) electrons. The third-order valence-corrected chi connectivity index (χ3v) is 4.77. The van der Waals surface area contributed by atoms with Gasteiger partial charge in [0.2, 0.25) is 5.91 Å². The van der Waals surface area contributed by atoms with Gasteiger partial charge in [-0.15, -0.1) is 0 Å². The maximum absolute atomic E-state index is 12.5. The van der Waals surface area contributed by atoms with Crippen molar-refractivity contribution in [2.24, 2.45) is 11.1 Å². The van der Waals surface area contributed by atoms with E-state index in [-0.39, 0.29) is 10.9 Å². The van der Waals surface area contributed by atoms with Crippen molar-refractivity contribution >= 4 is 52.0 Å². The molecule has 1 aromatic carbocycles. The van der Waals surface area contributed by atoms with E-state index in [0.717, 1.165) is 12.8 Å². The third kappa shape index (κ3) is 2.71. The molecule has 2 rings (SSSR count). The minimum Gasteiger partial charge on any atom is -0.392 e. The van der Waals surface area contributed by atoms with Crippen molar-refractivity contribution in [2.45, 2.75) is 25.7 Å². The van der Waals surface area contributed by atoms with E-state index < -0.39 is 5.41 Å². The molecule has 1 aromatic rings. The fraction of sp³-hybridized carbons (Fsp3) is 0.385. The Bertz CT molecular complexity index is 527. The Hall–Kier alpha value is -0.840. The fourth-order valence-electron chi connectivity index (χ4n) is 2.41. The number of nitrogens with one attached hydrogen (secondary N) is 1. The molecule has 102 valence electrons. The summed E-state index contributed by atoms with van der Waals surface area (Å²) in [5.74, 6) is -0.193. The van der Waals surface area contributed by atoms with Crippen molar-refractivity contribution < 1.29 is 4.79 Å². The van der Waals surface area contributed by atoms with Crippen molar-refractivity contribution in [3.05, 3.63) is 28.2 Å². The van der Waals surface area contributed by atoms with Crippen molar-refractivity contribution in [3.8, 4) is 0 Å². The highest BCUT2D eigenvalue weighted by Gasteiger charge is 2.44. The highest BCUT2D eigenvalue weighted by Crippen LogP contribution is 2.40. The van der Waals surface area contributed by atoms with Gasteiger partial charge in [0.1, 0.15) is 0 Å². The summed E-state index contributed by atoms with van der Waals surface area (Å²) in [5, 5.41) is 3.52. The van der Waals surface area contributed by atoms with E-state index in [0.29, 0.717) is 28.6 Å².